The average Bonchev–Trinajstić information content (AvgIpc) is 3.21. The van der Waals surface area contributed by atoms with Gasteiger partial charge in [-0.15, -0.1) is 0 Å². The maximum absolute atomic E-state index is 13.5. The summed E-state index contributed by atoms with van der Waals surface area (Å²) in [4.78, 5) is 21.4. The zero-order chi connectivity index (χ0) is 19.5. The normalized spacial score (nSPS) is 10.6. The van der Waals surface area contributed by atoms with Gasteiger partial charge < -0.3 is 9.47 Å². The number of para-hydroxylation sites is 2. The molecule has 0 unspecified atom stereocenters. The Bertz CT molecular complexity index is 1150. The maximum Gasteiger partial charge on any atom is 0.282 e. The van der Waals surface area contributed by atoms with Crippen LogP contribution in [0.4, 0.5) is 10.3 Å². The Morgan fingerprint density at radius 1 is 1.11 bits per heavy atom. The molecule has 2 heterocycles. The molecular formula is C17H12FN7O3. The van der Waals surface area contributed by atoms with Gasteiger partial charge in [0.15, 0.2) is 17.2 Å². The second-order valence-electron chi connectivity index (χ2n) is 5.47. The number of methoxy groups -OCH3 is 1. The Morgan fingerprint density at radius 2 is 1.89 bits per heavy atom. The SMILES string of the molecule is COc1cc(F)ccc1Oc1nc2ccccc2nc1C(=O)Nc1nnn[nH]1. The zero-order valence-corrected chi connectivity index (χ0v) is 14.4. The molecule has 1 amide bonds. The van der Waals surface area contributed by atoms with Crippen molar-refractivity contribution in [1.82, 2.24) is 30.6 Å². The van der Waals surface area contributed by atoms with Crippen LogP contribution in [0.25, 0.3) is 11.0 Å². The number of nitrogens with zero attached hydrogens (tertiary/aromatic N) is 5. The van der Waals surface area contributed by atoms with Crippen LogP contribution in [0, 0.1) is 5.82 Å². The standard InChI is InChI=1S/C17H12FN7O3/c1-27-13-8-9(18)6-7-12(13)28-16-14(15(26)21-17-22-24-25-23-17)19-10-4-2-3-5-11(10)20-16/h2-8H,1H3,(H2,21,22,23,24,25,26). The van der Waals surface area contributed by atoms with E-state index >= 15 is 0 Å². The maximum atomic E-state index is 13.5. The molecule has 2 aromatic heterocycles. The minimum atomic E-state index is -0.645. The van der Waals surface area contributed by atoms with Crippen molar-refractivity contribution in [3.63, 3.8) is 0 Å². The number of benzene rings is 2. The Kier molecular flexibility index (Phi) is 4.46. The molecule has 4 aromatic rings. The number of ether oxygens (including phenoxy) is 2. The smallest absolute Gasteiger partial charge is 0.282 e. The summed E-state index contributed by atoms with van der Waals surface area (Å²) in [6.07, 6.45) is 0. The van der Waals surface area contributed by atoms with Crippen LogP contribution in [-0.2, 0) is 0 Å². The molecule has 0 radical (unpaired) electrons. The van der Waals surface area contributed by atoms with Crippen molar-refractivity contribution >= 4 is 22.9 Å². The molecule has 0 fully saturated rings. The second kappa shape index (κ2) is 7.23. The molecule has 4 rings (SSSR count). The lowest BCUT2D eigenvalue weighted by Crippen LogP contribution is -2.17. The minimum Gasteiger partial charge on any atom is -0.493 e. The third-order valence-electron chi connectivity index (χ3n) is 3.66. The third-order valence-corrected chi connectivity index (χ3v) is 3.66. The van der Waals surface area contributed by atoms with Gasteiger partial charge in [0.1, 0.15) is 5.82 Å². The van der Waals surface area contributed by atoms with E-state index < -0.39 is 11.7 Å². The van der Waals surface area contributed by atoms with Crippen LogP contribution in [0.1, 0.15) is 10.5 Å². The van der Waals surface area contributed by atoms with Crippen LogP contribution in [0.3, 0.4) is 0 Å². The number of hydrogen-bond acceptors (Lipinski definition) is 8. The molecule has 0 aliphatic carbocycles. The fourth-order valence-electron chi connectivity index (χ4n) is 2.41. The number of aromatic amines is 1. The van der Waals surface area contributed by atoms with Crippen molar-refractivity contribution in [1.29, 1.82) is 0 Å². The number of fused-ring (bicyclic) bond motifs is 1. The van der Waals surface area contributed by atoms with E-state index in [4.69, 9.17) is 9.47 Å². The van der Waals surface area contributed by atoms with E-state index in [1.807, 2.05) is 0 Å². The molecule has 2 N–H and O–H groups in total. The van der Waals surface area contributed by atoms with E-state index in [2.05, 4.69) is 35.9 Å². The van der Waals surface area contributed by atoms with E-state index in [0.29, 0.717) is 11.0 Å². The third kappa shape index (κ3) is 3.40. The van der Waals surface area contributed by atoms with Crippen molar-refractivity contribution < 1.29 is 18.7 Å². The van der Waals surface area contributed by atoms with Gasteiger partial charge >= 0.3 is 0 Å². The first-order valence-electron chi connectivity index (χ1n) is 7.97. The summed E-state index contributed by atoms with van der Waals surface area (Å²) < 4.78 is 24.3. The minimum absolute atomic E-state index is 0.0327. The molecule has 140 valence electrons. The molecule has 0 aliphatic rings. The largest absolute Gasteiger partial charge is 0.493 e. The number of anilines is 1. The fraction of sp³-hybridized carbons (Fsp3) is 0.0588. The molecule has 0 bridgehead atoms. The summed E-state index contributed by atoms with van der Waals surface area (Å²) in [5.41, 5.74) is 0.889. The van der Waals surface area contributed by atoms with Crippen LogP contribution in [0.5, 0.6) is 17.4 Å². The molecule has 2 aromatic carbocycles. The van der Waals surface area contributed by atoms with E-state index in [-0.39, 0.29) is 29.0 Å². The summed E-state index contributed by atoms with van der Waals surface area (Å²) in [5.74, 6) is -0.888. The molecular weight excluding hydrogens is 369 g/mol. The second-order valence-corrected chi connectivity index (χ2v) is 5.47. The summed E-state index contributed by atoms with van der Waals surface area (Å²) in [5, 5.41) is 15.2. The van der Waals surface area contributed by atoms with Crippen molar-refractivity contribution in [3.8, 4) is 17.4 Å². The van der Waals surface area contributed by atoms with Gasteiger partial charge in [0.2, 0.25) is 5.95 Å². The van der Waals surface area contributed by atoms with E-state index in [0.717, 1.165) is 6.07 Å². The number of amides is 1. The van der Waals surface area contributed by atoms with Gasteiger partial charge in [0.25, 0.3) is 11.8 Å². The molecule has 10 nitrogen and oxygen atoms in total. The van der Waals surface area contributed by atoms with Gasteiger partial charge in [-0.1, -0.05) is 17.2 Å². The Morgan fingerprint density at radius 3 is 2.61 bits per heavy atom. The molecule has 0 spiro atoms. The van der Waals surface area contributed by atoms with Gasteiger partial charge in [-0.05, 0) is 34.7 Å². The number of H-pyrrole nitrogens is 1. The molecule has 0 atom stereocenters. The highest BCUT2D eigenvalue weighted by atomic mass is 19.1. The Hall–Kier alpha value is -4.15. The van der Waals surface area contributed by atoms with E-state index in [1.165, 1.54) is 19.2 Å². The van der Waals surface area contributed by atoms with Crippen LogP contribution in [-0.4, -0.2) is 43.6 Å². The number of tetrazole rings is 1. The first kappa shape index (κ1) is 17.3. The summed E-state index contributed by atoms with van der Waals surface area (Å²) in [6.45, 7) is 0. The van der Waals surface area contributed by atoms with Crippen molar-refractivity contribution in [2.45, 2.75) is 0 Å². The first-order valence-corrected chi connectivity index (χ1v) is 7.97. The Labute approximate surface area is 156 Å². The number of carbonyl (C=O) groups excluding carboxylic acids is 1. The van der Waals surface area contributed by atoms with Crippen LogP contribution in [0.15, 0.2) is 42.5 Å². The molecule has 28 heavy (non-hydrogen) atoms. The molecule has 0 aliphatic heterocycles. The van der Waals surface area contributed by atoms with Crippen molar-refractivity contribution in [2.24, 2.45) is 0 Å². The number of nitrogens with one attached hydrogen (secondary N) is 2. The number of carbonyl (C=O) groups is 1. The molecule has 0 saturated carbocycles. The van der Waals surface area contributed by atoms with E-state index in [1.54, 1.807) is 24.3 Å². The lowest BCUT2D eigenvalue weighted by Gasteiger charge is -2.12. The summed E-state index contributed by atoms with van der Waals surface area (Å²) in [6, 6.07) is 10.7. The van der Waals surface area contributed by atoms with Crippen LogP contribution < -0.4 is 14.8 Å². The van der Waals surface area contributed by atoms with Gasteiger partial charge in [-0.3, -0.25) is 10.1 Å². The molecule has 0 saturated heterocycles. The predicted molar refractivity (Wildman–Crippen MR) is 94.7 cm³/mol. The van der Waals surface area contributed by atoms with E-state index in [9.17, 15) is 9.18 Å². The van der Waals surface area contributed by atoms with Gasteiger partial charge in [0.05, 0.1) is 18.1 Å². The number of halogens is 1. The highest BCUT2D eigenvalue weighted by molar-refractivity contribution is 6.04. The fourth-order valence-corrected chi connectivity index (χ4v) is 2.41. The highest BCUT2D eigenvalue weighted by Gasteiger charge is 2.21. The average molecular weight is 381 g/mol. The van der Waals surface area contributed by atoms with Crippen LogP contribution in [0.2, 0.25) is 0 Å². The van der Waals surface area contributed by atoms with Gasteiger partial charge in [-0.2, -0.15) is 0 Å². The monoisotopic (exact) mass is 381 g/mol. The number of hydrogen-bond donors (Lipinski definition) is 2. The summed E-state index contributed by atoms with van der Waals surface area (Å²) >= 11 is 0. The van der Waals surface area contributed by atoms with Gasteiger partial charge in [0, 0.05) is 6.07 Å². The van der Waals surface area contributed by atoms with Gasteiger partial charge in [-0.25, -0.2) is 19.5 Å². The predicted octanol–water partition coefficient (Wildman–Crippen LogP) is 2.34. The quantitative estimate of drug-likeness (QED) is 0.539. The zero-order valence-electron chi connectivity index (χ0n) is 14.4. The lowest BCUT2D eigenvalue weighted by molar-refractivity contribution is 0.101. The Balaban J connectivity index is 1.78. The molecule has 11 heteroatoms. The lowest BCUT2D eigenvalue weighted by atomic mass is 10.2. The van der Waals surface area contributed by atoms with Crippen LogP contribution >= 0.6 is 0 Å². The van der Waals surface area contributed by atoms with Crippen molar-refractivity contribution in [2.75, 3.05) is 12.4 Å². The topological polar surface area (TPSA) is 128 Å². The highest BCUT2D eigenvalue weighted by Crippen LogP contribution is 2.33. The van der Waals surface area contributed by atoms with Crippen molar-refractivity contribution in [3.05, 3.63) is 54.0 Å². The first-order chi connectivity index (χ1) is 13.6. The number of aromatic nitrogens is 6. The summed E-state index contributed by atoms with van der Waals surface area (Å²) in [7, 11) is 1.37. The number of rotatable bonds is 5.